The van der Waals surface area contributed by atoms with Gasteiger partial charge in [-0.3, -0.25) is 0 Å². The van der Waals surface area contributed by atoms with Gasteiger partial charge in [0.15, 0.2) is 0 Å². The van der Waals surface area contributed by atoms with Gasteiger partial charge in [0.1, 0.15) is 10.7 Å². The Morgan fingerprint density at radius 1 is 1.38 bits per heavy atom. The molecule has 3 nitrogen and oxygen atoms in total. The van der Waals surface area contributed by atoms with E-state index in [1.807, 2.05) is 24.3 Å². The topological polar surface area (TPSA) is 38.5 Å². The van der Waals surface area contributed by atoms with E-state index in [0.717, 1.165) is 30.9 Å². The van der Waals surface area contributed by atoms with Crippen LogP contribution in [0.4, 0.5) is 0 Å². The van der Waals surface area contributed by atoms with Crippen molar-refractivity contribution < 1.29 is 4.74 Å². The molecular formula is C16H24N2OS2. The first-order valence-corrected chi connectivity index (χ1v) is 8.75. The maximum absolute atomic E-state index is 5.77. The molecule has 0 unspecified atom stereocenters. The van der Waals surface area contributed by atoms with E-state index in [-0.39, 0.29) is 0 Å². The number of rotatable bonds is 6. The number of ether oxygens (including phenoxy) is 1. The van der Waals surface area contributed by atoms with Gasteiger partial charge in [-0.1, -0.05) is 12.2 Å². The van der Waals surface area contributed by atoms with Crippen molar-refractivity contribution in [1.29, 1.82) is 0 Å². The second kappa shape index (κ2) is 7.47. The quantitative estimate of drug-likeness (QED) is 0.643. The summed E-state index contributed by atoms with van der Waals surface area (Å²) < 4.78 is 6.15. The van der Waals surface area contributed by atoms with Gasteiger partial charge in [0.2, 0.25) is 0 Å². The fourth-order valence-electron chi connectivity index (χ4n) is 2.50. The van der Waals surface area contributed by atoms with Crippen molar-refractivity contribution in [2.75, 3.05) is 32.0 Å². The van der Waals surface area contributed by atoms with E-state index < -0.39 is 0 Å². The van der Waals surface area contributed by atoms with Crippen LogP contribution in [0, 0.1) is 0 Å². The van der Waals surface area contributed by atoms with Crippen molar-refractivity contribution in [2.45, 2.75) is 25.0 Å². The Balaban J connectivity index is 1.68. The Hall–Kier alpha value is -0.780. The number of hydrogen-bond donors (Lipinski definition) is 1. The molecule has 0 amide bonds. The zero-order chi connectivity index (χ0) is 15.3. The largest absolute Gasteiger partial charge is 0.494 e. The summed E-state index contributed by atoms with van der Waals surface area (Å²) in [5.41, 5.74) is 6.45. The van der Waals surface area contributed by atoms with Crippen LogP contribution in [0.2, 0.25) is 0 Å². The van der Waals surface area contributed by atoms with Gasteiger partial charge in [0, 0.05) is 35.7 Å². The van der Waals surface area contributed by atoms with Crippen molar-refractivity contribution >= 4 is 29.0 Å². The zero-order valence-electron chi connectivity index (χ0n) is 12.8. The maximum Gasteiger partial charge on any atom is 0.119 e. The van der Waals surface area contributed by atoms with Crippen LogP contribution in [0.25, 0.3) is 0 Å². The minimum Gasteiger partial charge on any atom is -0.494 e. The molecule has 116 valence electrons. The Labute approximate surface area is 137 Å². The minimum absolute atomic E-state index is 0.385. The second-order valence-electron chi connectivity index (χ2n) is 5.97. The van der Waals surface area contributed by atoms with Gasteiger partial charge in [-0.05, 0) is 44.5 Å². The molecule has 1 aromatic rings. The Bertz CT molecular complexity index is 474. The number of nitrogens with zero attached hydrogens (tertiary/aromatic N) is 1. The molecule has 0 spiro atoms. The van der Waals surface area contributed by atoms with E-state index in [1.54, 1.807) is 0 Å². The molecule has 1 aliphatic heterocycles. The highest BCUT2D eigenvalue weighted by Gasteiger charge is 2.26. The van der Waals surface area contributed by atoms with Gasteiger partial charge in [-0.25, -0.2) is 0 Å². The van der Waals surface area contributed by atoms with Crippen molar-refractivity contribution in [3.63, 3.8) is 0 Å². The molecule has 5 heteroatoms. The van der Waals surface area contributed by atoms with E-state index in [1.165, 1.54) is 18.8 Å². The van der Waals surface area contributed by atoms with E-state index in [4.69, 9.17) is 22.7 Å². The summed E-state index contributed by atoms with van der Waals surface area (Å²) in [4.78, 5) is 2.96. The summed E-state index contributed by atoms with van der Waals surface area (Å²) in [6.07, 6.45) is 1.05. The third kappa shape index (κ3) is 5.49. The van der Waals surface area contributed by atoms with Gasteiger partial charge in [-0.15, -0.1) is 0 Å². The smallest absolute Gasteiger partial charge is 0.119 e. The van der Waals surface area contributed by atoms with E-state index in [9.17, 15) is 0 Å². The second-order valence-corrected chi connectivity index (χ2v) is 8.22. The van der Waals surface area contributed by atoms with E-state index in [2.05, 4.69) is 30.5 Å². The van der Waals surface area contributed by atoms with Crippen molar-refractivity contribution in [1.82, 2.24) is 4.90 Å². The third-order valence-electron chi connectivity index (χ3n) is 3.53. The van der Waals surface area contributed by atoms with Crippen LogP contribution in [-0.4, -0.2) is 46.6 Å². The van der Waals surface area contributed by atoms with Crippen LogP contribution in [0.3, 0.4) is 0 Å². The predicted octanol–water partition coefficient (Wildman–Crippen LogP) is 2.92. The zero-order valence-corrected chi connectivity index (χ0v) is 14.4. The number of benzene rings is 1. The monoisotopic (exact) mass is 324 g/mol. The summed E-state index contributed by atoms with van der Waals surface area (Å²) >= 11 is 7.00. The van der Waals surface area contributed by atoms with Crippen LogP contribution < -0.4 is 10.5 Å². The third-order valence-corrected chi connectivity index (χ3v) is 5.06. The molecule has 0 radical (unpaired) electrons. The van der Waals surface area contributed by atoms with Crippen LogP contribution >= 0.6 is 24.0 Å². The molecule has 0 aromatic heterocycles. The molecule has 0 atom stereocenters. The molecule has 2 N–H and O–H groups in total. The van der Waals surface area contributed by atoms with Crippen molar-refractivity contribution in [3.8, 4) is 5.75 Å². The predicted molar refractivity (Wildman–Crippen MR) is 95.4 cm³/mol. The average Bonchev–Trinajstić information content (AvgIpc) is 2.43. The average molecular weight is 325 g/mol. The lowest BCUT2D eigenvalue weighted by Crippen LogP contribution is -2.43. The van der Waals surface area contributed by atoms with Gasteiger partial charge in [0.05, 0.1) is 6.61 Å². The number of thioether (sulfide) groups is 1. The standard InChI is InChI=1S/C16H24N2OS2/c1-16(2)12-18(9-11-21-16)8-3-10-19-14-6-4-13(5-7-14)15(17)20/h4-7H,3,8-12H2,1-2H3,(H2,17,20). The molecule has 2 rings (SSSR count). The lowest BCUT2D eigenvalue weighted by molar-refractivity contribution is 0.226. The first-order chi connectivity index (χ1) is 9.96. The molecule has 1 fully saturated rings. The number of nitrogens with two attached hydrogens (primary N) is 1. The molecule has 21 heavy (non-hydrogen) atoms. The molecule has 0 saturated carbocycles. The molecule has 1 heterocycles. The molecule has 1 aliphatic rings. The Kier molecular flexibility index (Phi) is 5.90. The Morgan fingerprint density at radius 2 is 2.10 bits per heavy atom. The van der Waals surface area contributed by atoms with Crippen molar-refractivity contribution in [2.24, 2.45) is 5.73 Å². The summed E-state index contributed by atoms with van der Waals surface area (Å²) in [5.74, 6) is 2.11. The van der Waals surface area contributed by atoms with E-state index >= 15 is 0 Å². The highest BCUT2D eigenvalue weighted by atomic mass is 32.2. The molecular weight excluding hydrogens is 300 g/mol. The highest BCUT2D eigenvalue weighted by molar-refractivity contribution is 8.00. The van der Waals surface area contributed by atoms with Crippen LogP contribution in [0.5, 0.6) is 5.75 Å². The fourth-order valence-corrected chi connectivity index (χ4v) is 3.81. The van der Waals surface area contributed by atoms with Crippen LogP contribution in [-0.2, 0) is 0 Å². The summed E-state index contributed by atoms with van der Waals surface area (Å²) in [6, 6.07) is 7.66. The van der Waals surface area contributed by atoms with Gasteiger partial charge >= 0.3 is 0 Å². The lowest BCUT2D eigenvalue weighted by atomic mass is 10.2. The number of hydrogen-bond acceptors (Lipinski definition) is 4. The summed E-state index contributed by atoms with van der Waals surface area (Å²) in [7, 11) is 0. The van der Waals surface area contributed by atoms with E-state index in [0.29, 0.717) is 9.74 Å². The fraction of sp³-hybridized carbons (Fsp3) is 0.562. The highest BCUT2D eigenvalue weighted by Crippen LogP contribution is 2.29. The number of thiocarbonyl (C=S) groups is 1. The SMILES string of the molecule is CC1(C)CN(CCCOc2ccc(C(N)=S)cc2)CCS1. The molecule has 1 saturated heterocycles. The van der Waals surface area contributed by atoms with Gasteiger partial charge in [-0.2, -0.15) is 11.8 Å². The normalized spacial score (nSPS) is 18.4. The summed E-state index contributed by atoms with van der Waals surface area (Å²) in [5, 5.41) is 0. The molecule has 1 aromatic carbocycles. The van der Waals surface area contributed by atoms with Crippen LogP contribution in [0.15, 0.2) is 24.3 Å². The first-order valence-electron chi connectivity index (χ1n) is 7.35. The molecule has 0 aliphatic carbocycles. The summed E-state index contributed by atoms with van der Waals surface area (Å²) in [6.45, 7) is 8.86. The first kappa shape index (κ1) is 16.6. The van der Waals surface area contributed by atoms with Gasteiger partial charge in [0.25, 0.3) is 0 Å². The van der Waals surface area contributed by atoms with Crippen LogP contribution in [0.1, 0.15) is 25.8 Å². The lowest BCUT2D eigenvalue weighted by Gasteiger charge is -2.37. The molecule has 0 bridgehead atoms. The minimum atomic E-state index is 0.385. The van der Waals surface area contributed by atoms with Crippen molar-refractivity contribution in [3.05, 3.63) is 29.8 Å². The Morgan fingerprint density at radius 3 is 2.71 bits per heavy atom. The maximum atomic E-state index is 5.77. The van der Waals surface area contributed by atoms with Gasteiger partial charge < -0.3 is 15.4 Å².